The summed E-state index contributed by atoms with van der Waals surface area (Å²) in [6.45, 7) is 4.10. The van der Waals surface area contributed by atoms with Crippen LogP contribution < -0.4 is 5.73 Å². The molecule has 0 saturated heterocycles. The maximum Gasteiger partial charge on any atom is 0.132 e. The minimum Gasteiger partial charge on any atom is -0.328 e. The highest BCUT2D eigenvalue weighted by atomic mass is 14.9. The summed E-state index contributed by atoms with van der Waals surface area (Å²) in [5.74, 6) is 0.863. The van der Waals surface area contributed by atoms with Crippen LogP contribution in [-0.2, 0) is 12.8 Å². The third kappa shape index (κ3) is 3.37. The van der Waals surface area contributed by atoms with E-state index in [4.69, 9.17) is 5.73 Å². The fourth-order valence-electron chi connectivity index (χ4n) is 1.95. The van der Waals surface area contributed by atoms with Gasteiger partial charge in [0, 0.05) is 30.8 Å². The van der Waals surface area contributed by atoms with Gasteiger partial charge in [0.25, 0.3) is 0 Å². The Morgan fingerprint density at radius 3 is 2.72 bits per heavy atom. The first-order valence-electron chi connectivity index (χ1n) is 6.26. The van der Waals surface area contributed by atoms with Gasteiger partial charge in [0.15, 0.2) is 0 Å². The molecule has 1 atom stereocenters. The predicted molar refractivity (Wildman–Crippen MR) is 73.4 cm³/mol. The van der Waals surface area contributed by atoms with Gasteiger partial charge in [0.1, 0.15) is 5.82 Å². The molecule has 2 aromatic rings. The zero-order valence-corrected chi connectivity index (χ0v) is 10.9. The molecule has 3 nitrogen and oxygen atoms in total. The van der Waals surface area contributed by atoms with Crippen LogP contribution in [0.15, 0.2) is 36.5 Å². The van der Waals surface area contributed by atoms with Crippen molar-refractivity contribution < 1.29 is 0 Å². The van der Waals surface area contributed by atoms with Crippen LogP contribution in [0, 0.1) is 6.92 Å². The Balaban J connectivity index is 2.17. The largest absolute Gasteiger partial charge is 0.328 e. The summed E-state index contributed by atoms with van der Waals surface area (Å²) in [4.78, 5) is 8.89. The van der Waals surface area contributed by atoms with Gasteiger partial charge < -0.3 is 5.73 Å². The monoisotopic (exact) mass is 241 g/mol. The second-order valence-electron chi connectivity index (χ2n) is 4.75. The molecule has 0 spiro atoms. The Bertz CT molecular complexity index is 521. The van der Waals surface area contributed by atoms with Crippen LogP contribution in [0.2, 0.25) is 0 Å². The van der Waals surface area contributed by atoms with Gasteiger partial charge in [-0.05, 0) is 31.0 Å². The molecule has 2 rings (SSSR count). The standard InChI is InChI=1S/C15H19N3/c1-11-5-3-4-6-13(11)10-15-17-8-7-14(18-15)9-12(2)16/h3-8,12H,9-10,16H2,1-2H3. The fourth-order valence-corrected chi connectivity index (χ4v) is 1.95. The van der Waals surface area contributed by atoms with E-state index in [1.54, 1.807) is 0 Å². The van der Waals surface area contributed by atoms with E-state index < -0.39 is 0 Å². The molecule has 0 amide bonds. The lowest BCUT2D eigenvalue weighted by Gasteiger charge is -2.07. The Labute approximate surface area is 108 Å². The number of hydrogen-bond acceptors (Lipinski definition) is 3. The predicted octanol–water partition coefficient (Wildman–Crippen LogP) is 2.27. The molecule has 1 aromatic carbocycles. The molecule has 0 bridgehead atoms. The van der Waals surface area contributed by atoms with Crippen molar-refractivity contribution in [1.82, 2.24) is 9.97 Å². The van der Waals surface area contributed by atoms with E-state index in [1.165, 1.54) is 11.1 Å². The zero-order chi connectivity index (χ0) is 13.0. The number of rotatable bonds is 4. The average molecular weight is 241 g/mol. The van der Waals surface area contributed by atoms with Gasteiger partial charge in [-0.1, -0.05) is 24.3 Å². The summed E-state index contributed by atoms with van der Waals surface area (Å²) < 4.78 is 0. The molecule has 3 heteroatoms. The second kappa shape index (κ2) is 5.74. The van der Waals surface area contributed by atoms with E-state index in [9.17, 15) is 0 Å². The van der Waals surface area contributed by atoms with E-state index in [0.717, 1.165) is 24.4 Å². The van der Waals surface area contributed by atoms with Gasteiger partial charge >= 0.3 is 0 Å². The molecule has 1 unspecified atom stereocenters. The normalized spacial score (nSPS) is 12.4. The van der Waals surface area contributed by atoms with E-state index >= 15 is 0 Å². The fraction of sp³-hybridized carbons (Fsp3) is 0.333. The van der Waals surface area contributed by atoms with Crippen LogP contribution in [-0.4, -0.2) is 16.0 Å². The molecule has 1 heterocycles. The number of benzene rings is 1. The van der Waals surface area contributed by atoms with E-state index in [2.05, 4.69) is 29.0 Å². The van der Waals surface area contributed by atoms with Crippen molar-refractivity contribution in [2.75, 3.05) is 0 Å². The number of nitrogens with two attached hydrogens (primary N) is 1. The van der Waals surface area contributed by atoms with Crippen LogP contribution in [0.1, 0.15) is 29.6 Å². The Kier molecular flexibility index (Phi) is 4.05. The number of aryl methyl sites for hydroxylation is 1. The van der Waals surface area contributed by atoms with E-state index in [-0.39, 0.29) is 6.04 Å². The minimum absolute atomic E-state index is 0.131. The molecule has 0 saturated carbocycles. The lowest BCUT2D eigenvalue weighted by Crippen LogP contribution is -2.19. The van der Waals surface area contributed by atoms with Crippen molar-refractivity contribution in [3.05, 3.63) is 59.2 Å². The summed E-state index contributed by atoms with van der Waals surface area (Å²) in [5, 5.41) is 0. The molecular weight excluding hydrogens is 222 g/mol. The number of hydrogen-bond donors (Lipinski definition) is 1. The van der Waals surface area contributed by atoms with Crippen LogP contribution in [0.3, 0.4) is 0 Å². The second-order valence-corrected chi connectivity index (χ2v) is 4.75. The van der Waals surface area contributed by atoms with Crippen molar-refractivity contribution in [2.45, 2.75) is 32.7 Å². The molecule has 0 radical (unpaired) electrons. The minimum atomic E-state index is 0.131. The highest BCUT2D eigenvalue weighted by Gasteiger charge is 2.04. The van der Waals surface area contributed by atoms with Gasteiger partial charge in [-0.3, -0.25) is 0 Å². The van der Waals surface area contributed by atoms with Gasteiger partial charge in [-0.15, -0.1) is 0 Å². The summed E-state index contributed by atoms with van der Waals surface area (Å²) in [6.07, 6.45) is 3.39. The maximum absolute atomic E-state index is 5.79. The molecule has 1 aromatic heterocycles. The third-order valence-electron chi connectivity index (χ3n) is 2.90. The number of aromatic nitrogens is 2. The molecule has 0 fully saturated rings. The summed E-state index contributed by atoms with van der Waals surface area (Å²) in [7, 11) is 0. The highest BCUT2D eigenvalue weighted by Crippen LogP contribution is 2.11. The van der Waals surface area contributed by atoms with Crippen LogP contribution in [0.25, 0.3) is 0 Å². The third-order valence-corrected chi connectivity index (χ3v) is 2.90. The molecule has 0 aliphatic heterocycles. The van der Waals surface area contributed by atoms with E-state index in [1.807, 2.05) is 31.3 Å². The Morgan fingerprint density at radius 1 is 1.22 bits per heavy atom. The molecule has 0 aliphatic carbocycles. The molecule has 18 heavy (non-hydrogen) atoms. The summed E-state index contributed by atoms with van der Waals surface area (Å²) >= 11 is 0. The first-order valence-corrected chi connectivity index (χ1v) is 6.26. The Hall–Kier alpha value is -1.74. The topological polar surface area (TPSA) is 51.8 Å². The van der Waals surface area contributed by atoms with Gasteiger partial charge in [-0.25, -0.2) is 9.97 Å². The SMILES string of the molecule is Cc1ccccc1Cc1nccc(CC(C)N)n1. The average Bonchev–Trinajstić information content (AvgIpc) is 2.32. The van der Waals surface area contributed by atoms with Crippen molar-refractivity contribution >= 4 is 0 Å². The van der Waals surface area contributed by atoms with E-state index in [0.29, 0.717) is 0 Å². The molecule has 94 valence electrons. The molecule has 0 aliphatic rings. The van der Waals surface area contributed by atoms with Crippen LogP contribution in [0.4, 0.5) is 0 Å². The van der Waals surface area contributed by atoms with Crippen molar-refractivity contribution in [3.63, 3.8) is 0 Å². The van der Waals surface area contributed by atoms with Crippen LogP contribution >= 0.6 is 0 Å². The summed E-state index contributed by atoms with van der Waals surface area (Å²) in [6, 6.07) is 10.4. The highest BCUT2D eigenvalue weighted by molar-refractivity contribution is 5.28. The molecular formula is C15H19N3. The van der Waals surface area contributed by atoms with Gasteiger partial charge in [0.05, 0.1) is 0 Å². The quantitative estimate of drug-likeness (QED) is 0.893. The maximum atomic E-state index is 5.79. The number of nitrogens with zero attached hydrogens (tertiary/aromatic N) is 2. The lowest BCUT2D eigenvalue weighted by molar-refractivity contribution is 0.713. The first kappa shape index (κ1) is 12.7. The van der Waals surface area contributed by atoms with Crippen LogP contribution in [0.5, 0.6) is 0 Å². The lowest BCUT2D eigenvalue weighted by atomic mass is 10.1. The van der Waals surface area contributed by atoms with Gasteiger partial charge in [0.2, 0.25) is 0 Å². The smallest absolute Gasteiger partial charge is 0.132 e. The van der Waals surface area contributed by atoms with Gasteiger partial charge in [-0.2, -0.15) is 0 Å². The summed E-state index contributed by atoms with van der Waals surface area (Å²) in [5.41, 5.74) is 9.36. The molecule has 2 N–H and O–H groups in total. The van der Waals surface area contributed by atoms with Crippen molar-refractivity contribution in [2.24, 2.45) is 5.73 Å². The zero-order valence-electron chi connectivity index (χ0n) is 10.9. The Morgan fingerprint density at radius 2 is 2.00 bits per heavy atom. The van der Waals surface area contributed by atoms with Crippen molar-refractivity contribution in [1.29, 1.82) is 0 Å². The van der Waals surface area contributed by atoms with Crippen molar-refractivity contribution in [3.8, 4) is 0 Å². The first-order chi connectivity index (χ1) is 8.65.